The number of nitrogens with one attached hydrogen (secondary N) is 2. The molecule has 3 aliphatic heterocycles. The lowest BCUT2D eigenvalue weighted by atomic mass is 10.0. The molecular weight excluding hydrogens is 778 g/mol. The second-order valence-corrected chi connectivity index (χ2v) is 18.2. The first-order chi connectivity index (χ1) is 28.5. The van der Waals surface area contributed by atoms with Crippen molar-refractivity contribution < 1.29 is 43.2 Å². The van der Waals surface area contributed by atoms with Gasteiger partial charge in [0.1, 0.15) is 53.0 Å². The second-order valence-electron chi connectivity index (χ2n) is 17.8. The molecule has 3 aliphatic carbocycles. The van der Waals surface area contributed by atoms with Crippen molar-refractivity contribution in [2.75, 3.05) is 46.0 Å². The van der Waals surface area contributed by atoms with Gasteiger partial charge in [0.15, 0.2) is 0 Å². The lowest BCUT2D eigenvalue weighted by Crippen LogP contribution is -2.56. The molecule has 3 saturated heterocycles. The van der Waals surface area contributed by atoms with E-state index >= 15 is 0 Å². The molecule has 4 heterocycles. The third kappa shape index (κ3) is 9.60. The van der Waals surface area contributed by atoms with Gasteiger partial charge in [0.25, 0.3) is 0 Å². The standard InChI is InChI=1S/C44H58ClN5O9/c1-26(2)18-30-22-37(33-10-11-36(38(45)39(33)46-30)57-17-14-49-12-15-56-16-13-49)58-32-23-35-40(51)48-44(42(53)54)24-29(44)8-6-4-3-5-7-9-34(41(52)50(35)25-32)47-43(55)59-31-20-27-19-28(27)21-31/h10-11,18,22,27-29,31-32,34-35H,3-9,12-17,19-21,23-25H2,1-2H3,(H,47,55)(H,48,51)(H,53,54)/t27-,28+,29-,31?,32+,34-,35-,44+/m0/s1. The number of aliphatic carboxylic acids is 1. The van der Waals surface area contributed by atoms with Gasteiger partial charge in [-0.25, -0.2) is 14.6 Å². The number of carboxylic acid groups (broad SMARTS) is 1. The molecule has 15 heteroatoms. The van der Waals surface area contributed by atoms with Crippen LogP contribution in [0.3, 0.4) is 0 Å². The molecule has 1 aromatic heterocycles. The zero-order valence-corrected chi connectivity index (χ0v) is 35.0. The Morgan fingerprint density at radius 2 is 1.76 bits per heavy atom. The van der Waals surface area contributed by atoms with Gasteiger partial charge >= 0.3 is 12.1 Å². The van der Waals surface area contributed by atoms with Gasteiger partial charge in [-0.3, -0.25) is 14.5 Å². The van der Waals surface area contributed by atoms with Crippen LogP contribution in [0, 0.1) is 17.8 Å². The van der Waals surface area contributed by atoms with E-state index in [0.29, 0.717) is 90.5 Å². The summed E-state index contributed by atoms with van der Waals surface area (Å²) in [6, 6.07) is 3.53. The third-order valence-corrected chi connectivity index (χ3v) is 13.5. The maximum absolute atomic E-state index is 14.6. The molecule has 3 amide bonds. The molecule has 1 aromatic carbocycles. The van der Waals surface area contributed by atoms with Crippen LogP contribution in [0.1, 0.15) is 96.6 Å². The Morgan fingerprint density at radius 1 is 1.02 bits per heavy atom. The van der Waals surface area contributed by atoms with Gasteiger partial charge < -0.3 is 39.6 Å². The molecule has 1 unspecified atom stereocenters. The van der Waals surface area contributed by atoms with Gasteiger partial charge in [-0.15, -0.1) is 0 Å². The number of pyridine rings is 1. The number of ether oxygens (including phenoxy) is 4. The summed E-state index contributed by atoms with van der Waals surface area (Å²) in [6.45, 7) is 8.25. The number of carboxylic acids is 1. The van der Waals surface area contributed by atoms with Crippen molar-refractivity contribution >= 4 is 52.5 Å². The van der Waals surface area contributed by atoms with Crippen molar-refractivity contribution in [3.05, 3.63) is 34.5 Å². The van der Waals surface area contributed by atoms with Crippen LogP contribution in [0.15, 0.2) is 23.8 Å². The number of fused-ring (bicyclic) bond motifs is 4. The molecule has 3 saturated carbocycles. The van der Waals surface area contributed by atoms with Crippen molar-refractivity contribution in [3.8, 4) is 11.5 Å². The van der Waals surface area contributed by atoms with Crippen LogP contribution in [0.5, 0.6) is 11.5 Å². The molecule has 0 spiro atoms. The van der Waals surface area contributed by atoms with Crippen molar-refractivity contribution in [1.29, 1.82) is 0 Å². The molecular formula is C44H58ClN5O9. The predicted octanol–water partition coefficient (Wildman–Crippen LogP) is 5.97. The summed E-state index contributed by atoms with van der Waals surface area (Å²) < 4.78 is 24.2. The molecule has 8 atom stereocenters. The van der Waals surface area contributed by atoms with Crippen LogP contribution in [-0.2, 0) is 23.9 Å². The van der Waals surface area contributed by atoms with Crippen molar-refractivity contribution in [2.24, 2.45) is 17.8 Å². The summed E-state index contributed by atoms with van der Waals surface area (Å²) in [7, 11) is 0. The van der Waals surface area contributed by atoms with Gasteiger partial charge in [-0.05, 0) is 88.3 Å². The molecule has 8 rings (SSSR count). The van der Waals surface area contributed by atoms with Crippen molar-refractivity contribution in [3.63, 3.8) is 0 Å². The van der Waals surface area contributed by atoms with Crippen LogP contribution >= 0.6 is 11.6 Å². The van der Waals surface area contributed by atoms with E-state index in [-0.39, 0.29) is 25.0 Å². The monoisotopic (exact) mass is 835 g/mol. The number of hydrogen-bond acceptors (Lipinski definition) is 10. The minimum atomic E-state index is -1.37. The van der Waals surface area contributed by atoms with Gasteiger partial charge in [0.05, 0.1) is 31.0 Å². The van der Waals surface area contributed by atoms with E-state index in [1.807, 2.05) is 32.1 Å². The Kier molecular flexibility index (Phi) is 12.6. The summed E-state index contributed by atoms with van der Waals surface area (Å²) in [5.41, 5.74) is 0.756. The molecule has 2 aromatic rings. The predicted molar refractivity (Wildman–Crippen MR) is 220 cm³/mol. The summed E-state index contributed by atoms with van der Waals surface area (Å²) >= 11 is 7.01. The number of carbonyl (C=O) groups excluding carboxylic acids is 3. The zero-order chi connectivity index (χ0) is 41.3. The molecule has 0 bridgehead atoms. The average Bonchev–Trinajstić information content (AvgIpc) is 4.00. The third-order valence-electron chi connectivity index (χ3n) is 13.2. The van der Waals surface area contributed by atoms with E-state index in [2.05, 4.69) is 15.5 Å². The first kappa shape index (κ1) is 41.6. The molecule has 3 N–H and O–H groups in total. The molecule has 6 aliphatic rings. The number of nitrogens with zero attached hydrogens (tertiary/aromatic N) is 3. The SMILES string of the molecule is CC(C)=Cc1cc(O[C@@H]2C[C@H]3C(=O)N[C@]4(C(=O)O)C[C@@H]4CCCCCCC[C@H](NC(=O)OC4C[C@@H]5C[C@@H]5C4)C(=O)N3C2)c2ccc(OCCN3CCOCC3)c(Cl)c2n1. The van der Waals surface area contributed by atoms with E-state index in [0.717, 1.165) is 63.7 Å². The Labute approximate surface area is 350 Å². The first-order valence-corrected chi connectivity index (χ1v) is 22.1. The lowest BCUT2D eigenvalue weighted by molar-refractivity contribution is -0.146. The number of amides is 3. The maximum Gasteiger partial charge on any atom is 0.408 e. The molecule has 0 radical (unpaired) electrons. The molecule has 6 fully saturated rings. The fourth-order valence-corrected chi connectivity index (χ4v) is 9.99. The number of rotatable bonds is 10. The molecule has 59 heavy (non-hydrogen) atoms. The minimum Gasteiger partial charge on any atom is -0.491 e. The Balaban J connectivity index is 1.05. The number of allylic oxidation sites excluding steroid dienone is 1. The number of halogens is 1. The summed E-state index contributed by atoms with van der Waals surface area (Å²) in [5.74, 6) is 0.0362. The number of carbonyl (C=O) groups is 4. The highest BCUT2D eigenvalue weighted by molar-refractivity contribution is 6.36. The fourth-order valence-electron chi connectivity index (χ4n) is 9.73. The minimum absolute atomic E-state index is 0.0396. The van der Waals surface area contributed by atoms with E-state index in [1.165, 1.54) is 11.3 Å². The Hall–Kier alpha value is -4.14. The van der Waals surface area contributed by atoms with E-state index in [1.54, 1.807) is 6.07 Å². The summed E-state index contributed by atoms with van der Waals surface area (Å²) in [4.78, 5) is 63.5. The molecule has 320 valence electrons. The summed E-state index contributed by atoms with van der Waals surface area (Å²) in [5, 5.41) is 17.1. The normalized spacial score (nSPS) is 31.1. The number of aromatic nitrogens is 1. The van der Waals surface area contributed by atoms with E-state index < -0.39 is 47.6 Å². The Morgan fingerprint density at radius 3 is 2.51 bits per heavy atom. The maximum atomic E-state index is 14.6. The van der Waals surface area contributed by atoms with Gasteiger partial charge in [-0.2, -0.15) is 0 Å². The number of benzene rings is 1. The second kappa shape index (κ2) is 17.8. The van der Waals surface area contributed by atoms with Crippen LogP contribution < -0.4 is 20.1 Å². The topological polar surface area (TPSA) is 169 Å². The highest BCUT2D eigenvalue weighted by atomic mass is 35.5. The average molecular weight is 836 g/mol. The van der Waals surface area contributed by atoms with Crippen molar-refractivity contribution in [2.45, 2.75) is 121 Å². The lowest BCUT2D eigenvalue weighted by Gasteiger charge is -2.29. The van der Waals surface area contributed by atoms with Crippen LogP contribution in [0.25, 0.3) is 17.0 Å². The number of hydrogen-bond donors (Lipinski definition) is 3. The summed E-state index contributed by atoms with van der Waals surface area (Å²) in [6.07, 6.45) is 9.21. The van der Waals surface area contributed by atoms with Gasteiger partial charge in [0, 0.05) is 37.5 Å². The number of alkyl carbamates (subject to hydrolysis) is 1. The first-order valence-electron chi connectivity index (χ1n) is 21.7. The number of morpholine rings is 1. The van der Waals surface area contributed by atoms with Crippen LogP contribution in [-0.4, -0.2) is 120 Å². The fraction of sp³-hybridized carbons (Fsp3) is 0.659. The van der Waals surface area contributed by atoms with Crippen molar-refractivity contribution in [1.82, 2.24) is 25.4 Å². The smallest absolute Gasteiger partial charge is 0.408 e. The van der Waals surface area contributed by atoms with Crippen LogP contribution in [0.4, 0.5) is 4.79 Å². The molecule has 14 nitrogen and oxygen atoms in total. The van der Waals surface area contributed by atoms with Gasteiger partial charge in [0.2, 0.25) is 11.8 Å². The van der Waals surface area contributed by atoms with Crippen LogP contribution in [0.2, 0.25) is 5.02 Å². The Bertz CT molecular complexity index is 1940. The quantitative estimate of drug-likeness (QED) is 0.258. The highest BCUT2D eigenvalue weighted by Gasteiger charge is 2.62. The zero-order valence-electron chi connectivity index (χ0n) is 34.2. The van der Waals surface area contributed by atoms with Gasteiger partial charge in [-0.1, -0.05) is 49.3 Å². The van der Waals surface area contributed by atoms with E-state index in [9.17, 15) is 24.3 Å². The highest BCUT2D eigenvalue weighted by Crippen LogP contribution is 2.52. The largest absolute Gasteiger partial charge is 0.491 e. The van der Waals surface area contributed by atoms with E-state index in [4.69, 9.17) is 35.5 Å².